The number of phenolic OH excluding ortho intramolecular Hbond substituents is 1. The third-order valence-corrected chi connectivity index (χ3v) is 4.54. The van der Waals surface area contributed by atoms with Crippen molar-refractivity contribution >= 4 is 5.91 Å². The van der Waals surface area contributed by atoms with Crippen LogP contribution in [0.2, 0.25) is 0 Å². The maximum atomic E-state index is 12.8. The van der Waals surface area contributed by atoms with E-state index in [1.807, 2.05) is 4.90 Å². The molecule has 2 aromatic rings. The number of halogens is 3. The van der Waals surface area contributed by atoms with Gasteiger partial charge in [-0.3, -0.25) is 9.69 Å². The van der Waals surface area contributed by atoms with Gasteiger partial charge in [0.25, 0.3) is 0 Å². The topological polar surface area (TPSA) is 69.6 Å². The van der Waals surface area contributed by atoms with Crippen molar-refractivity contribution in [3.05, 3.63) is 41.1 Å². The van der Waals surface area contributed by atoms with Crippen molar-refractivity contribution < 1.29 is 23.1 Å². The molecular weight excluding hydrogens is 361 g/mol. The van der Waals surface area contributed by atoms with Gasteiger partial charge < -0.3 is 10.0 Å². The molecule has 0 saturated carbocycles. The zero-order chi connectivity index (χ0) is 19.8. The number of carbonyl (C=O) groups is 1. The molecule has 9 heteroatoms. The molecule has 1 fully saturated rings. The highest BCUT2D eigenvalue weighted by Gasteiger charge is 2.32. The van der Waals surface area contributed by atoms with Crippen LogP contribution in [0, 0.1) is 6.92 Å². The van der Waals surface area contributed by atoms with E-state index in [4.69, 9.17) is 0 Å². The van der Waals surface area contributed by atoms with E-state index in [2.05, 4.69) is 10.2 Å². The first-order chi connectivity index (χ1) is 12.6. The number of amides is 1. The van der Waals surface area contributed by atoms with Gasteiger partial charge >= 0.3 is 6.18 Å². The molecule has 1 aliphatic heterocycles. The van der Waals surface area contributed by atoms with E-state index in [1.165, 1.54) is 6.92 Å². The van der Waals surface area contributed by atoms with E-state index in [1.54, 1.807) is 24.1 Å². The molecule has 0 atom stereocenters. The lowest BCUT2D eigenvalue weighted by Gasteiger charge is -2.31. The summed E-state index contributed by atoms with van der Waals surface area (Å²) in [6, 6.07) is 4.96. The Kier molecular flexibility index (Phi) is 5.05. The summed E-state index contributed by atoms with van der Waals surface area (Å²) in [7, 11) is 1.76. The normalized spacial score (nSPS) is 16.0. The molecule has 144 valence electrons. The number of hydrogen-bond acceptors (Lipinski definition) is 5. The summed E-state index contributed by atoms with van der Waals surface area (Å²) in [6.07, 6.45) is -4.53. The van der Waals surface area contributed by atoms with Crippen LogP contribution in [-0.4, -0.2) is 57.7 Å². The largest absolute Gasteiger partial charge is 0.507 e. The zero-order valence-corrected chi connectivity index (χ0v) is 14.9. The number of hydrogen-bond donors (Lipinski definition) is 1. The van der Waals surface area contributed by atoms with Crippen molar-refractivity contribution in [2.45, 2.75) is 19.6 Å². The van der Waals surface area contributed by atoms with E-state index in [9.17, 15) is 23.1 Å². The molecule has 27 heavy (non-hydrogen) atoms. The highest BCUT2D eigenvalue weighted by Crippen LogP contribution is 2.38. The van der Waals surface area contributed by atoms with E-state index < -0.39 is 17.5 Å². The van der Waals surface area contributed by atoms with Gasteiger partial charge in [0.2, 0.25) is 5.91 Å². The third-order valence-electron chi connectivity index (χ3n) is 4.54. The fraction of sp³-hybridized carbons (Fsp3) is 0.389. The Morgan fingerprint density at radius 2 is 1.93 bits per heavy atom. The van der Waals surface area contributed by atoms with Gasteiger partial charge in [-0.25, -0.2) is 0 Å². The summed E-state index contributed by atoms with van der Waals surface area (Å²) in [5, 5.41) is 18.2. The second kappa shape index (κ2) is 7.15. The molecular formula is C18H19F3N4O2. The average Bonchev–Trinajstić information content (AvgIpc) is 2.58. The van der Waals surface area contributed by atoms with Gasteiger partial charge in [0.1, 0.15) is 5.75 Å². The molecule has 0 spiro atoms. The number of rotatable bonds is 3. The number of phenols is 1. The van der Waals surface area contributed by atoms with Gasteiger partial charge in [0, 0.05) is 32.2 Å². The molecule has 2 heterocycles. The Morgan fingerprint density at radius 3 is 2.48 bits per heavy atom. The van der Waals surface area contributed by atoms with Crippen molar-refractivity contribution in [2.24, 2.45) is 0 Å². The molecule has 0 aliphatic carbocycles. The fourth-order valence-corrected chi connectivity index (χ4v) is 3.01. The van der Waals surface area contributed by atoms with Gasteiger partial charge in [-0.05, 0) is 36.8 Å². The lowest BCUT2D eigenvalue weighted by atomic mass is 10.0. The van der Waals surface area contributed by atoms with E-state index >= 15 is 0 Å². The lowest BCUT2D eigenvalue weighted by Crippen LogP contribution is -2.48. The predicted molar refractivity (Wildman–Crippen MR) is 91.8 cm³/mol. The first kappa shape index (κ1) is 19.1. The van der Waals surface area contributed by atoms with Crippen LogP contribution in [0.25, 0.3) is 11.3 Å². The minimum Gasteiger partial charge on any atom is -0.507 e. The zero-order valence-electron chi connectivity index (χ0n) is 14.9. The van der Waals surface area contributed by atoms with Crippen molar-refractivity contribution in [3.8, 4) is 17.0 Å². The lowest BCUT2D eigenvalue weighted by molar-refractivity contribution is -0.137. The second-order valence-corrected chi connectivity index (χ2v) is 6.62. The number of piperazine rings is 1. The quantitative estimate of drug-likeness (QED) is 0.886. The molecule has 1 aromatic heterocycles. The number of nitrogens with zero attached hydrogens (tertiary/aromatic N) is 4. The number of benzene rings is 1. The standard InChI is InChI=1S/C18H19F3N4O2/c1-11-7-12(18(19,20)21)8-15(26)17(11)14-4-3-13(22-23-14)9-25-6-5-24(2)16(27)10-25/h3-4,7-8,26H,5-6,9-10H2,1-2H3. The van der Waals surface area contributed by atoms with Crippen LogP contribution in [0.4, 0.5) is 13.2 Å². The Balaban J connectivity index is 1.79. The fourth-order valence-electron chi connectivity index (χ4n) is 3.01. The molecule has 0 unspecified atom stereocenters. The van der Waals surface area contributed by atoms with Crippen LogP contribution < -0.4 is 0 Å². The molecule has 0 bridgehead atoms. The number of aryl methyl sites for hydroxylation is 1. The summed E-state index contributed by atoms with van der Waals surface area (Å²) in [5.74, 6) is -0.454. The first-order valence-electron chi connectivity index (χ1n) is 8.35. The van der Waals surface area contributed by atoms with Crippen molar-refractivity contribution in [2.75, 3.05) is 26.7 Å². The Morgan fingerprint density at radius 1 is 1.19 bits per heavy atom. The third kappa shape index (κ3) is 4.19. The predicted octanol–water partition coefficient (Wildman–Crippen LogP) is 2.45. The summed E-state index contributed by atoms with van der Waals surface area (Å²) < 4.78 is 38.5. The minimum atomic E-state index is -4.53. The molecule has 1 aromatic carbocycles. The number of alkyl halides is 3. The molecule has 1 aliphatic rings. The highest BCUT2D eigenvalue weighted by atomic mass is 19.4. The van der Waals surface area contributed by atoms with Gasteiger partial charge in [0.15, 0.2) is 0 Å². The molecule has 1 N–H and O–H groups in total. The summed E-state index contributed by atoms with van der Waals surface area (Å²) in [5.41, 5.74) is 0.494. The van der Waals surface area contributed by atoms with Gasteiger partial charge in [-0.1, -0.05) is 0 Å². The van der Waals surface area contributed by atoms with Crippen LogP contribution in [0.1, 0.15) is 16.8 Å². The second-order valence-electron chi connectivity index (χ2n) is 6.62. The van der Waals surface area contributed by atoms with E-state index in [0.29, 0.717) is 31.4 Å². The maximum Gasteiger partial charge on any atom is 0.416 e. The summed E-state index contributed by atoms with van der Waals surface area (Å²) >= 11 is 0. The van der Waals surface area contributed by atoms with Gasteiger partial charge in [-0.15, -0.1) is 0 Å². The van der Waals surface area contributed by atoms with Crippen LogP contribution >= 0.6 is 0 Å². The van der Waals surface area contributed by atoms with Crippen LogP contribution in [0.5, 0.6) is 5.75 Å². The van der Waals surface area contributed by atoms with Crippen LogP contribution in [-0.2, 0) is 17.5 Å². The SMILES string of the molecule is Cc1cc(C(F)(F)F)cc(O)c1-c1ccc(CN2CCN(C)C(=O)C2)nn1. The Labute approximate surface area is 154 Å². The molecule has 1 saturated heterocycles. The Hall–Kier alpha value is -2.68. The molecule has 0 radical (unpaired) electrons. The van der Waals surface area contributed by atoms with Gasteiger partial charge in [0.05, 0.1) is 23.5 Å². The number of aromatic nitrogens is 2. The highest BCUT2D eigenvalue weighted by molar-refractivity contribution is 5.78. The van der Waals surface area contributed by atoms with Gasteiger partial charge in [-0.2, -0.15) is 23.4 Å². The van der Waals surface area contributed by atoms with Crippen LogP contribution in [0.15, 0.2) is 24.3 Å². The summed E-state index contributed by atoms with van der Waals surface area (Å²) in [6.45, 7) is 3.60. The minimum absolute atomic E-state index is 0.0381. The summed E-state index contributed by atoms with van der Waals surface area (Å²) in [4.78, 5) is 15.4. The number of likely N-dealkylation sites (N-methyl/N-ethyl adjacent to an activating group) is 1. The van der Waals surface area contributed by atoms with Crippen LogP contribution in [0.3, 0.4) is 0 Å². The molecule has 6 nitrogen and oxygen atoms in total. The number of carbonyl (C=O) groups excluding carboxylic acids is 1. The first-order valence-corrected chi connectivity index (χ1v) is 8.35. The average molecular weight is 380 g/mol. The van der Waals surface area contributed by atoms with Crippen molar-refractivity contribution in [1.82, 2.24) is 20.0 Å². The smallest absolute Gasteiger partial charge is 0.416 e. The number of aromatic hydroxyl groups is 1. The Bertz CT molecular complexity index is 830. The van der Waals surface area contributed by atoms with Crippen molar-refractivity contribution in [3.63, 3.8) is 0 Å². The van der Waals surface area contributed by atoms with Crippen molar-refractivity contribution in [1.29, 1.82) is 0 Å². The molecule has 3 rings (SSSR count). The monoisotopic (exact) mass is 380 g/mol. The van der Waals surface area contributed by atoms with E-state index in [-0.39, 0.29) is 22.7 Å². The molecule has 1 amide bonds. The van der Waals surface area contributed by atoms with E-state index in [0.717, 1.165) is 12.6 Å². The maximum absolute atomic E-state index is 12.8.